The average Bonchev–Trinajstić information content (AvgIpc) is 2.35. The van der Waals surface area contributed by atoms with E-state index in [2.05, 4.69) is 23.9 Å². The van der Waals surface area contributed by atoms with Gasteiger partial charge in [-0.2, -0.15) is 0 Å². The number of rotatable bonds is 1. The van der Waals surface area contributed by atoms with Crippen LogP contribution in [0.15, 0.2) is 5.11 Å². The van der Waals surface area contributed by atoms with E-state index >= 15 is 0 Å². The zero-order valence-corrected chi connectivity index (χ0v) is 12.0. The monoisotopic (exact) mass is 257 g/mol. The van der Waals surface area contributed by atoms with Crippen molar-refractivity contribution in [3.63, 3.8) is 0 Å². The highest BCUT2D eigenvalue weighted by molar-refractivity contribution is 5.26. The molecule has 102 valence electrons. The Morgan fingerprint density at radius 2 is 1.58 bits per heavy atom. The van der Waals surface area contributed by atoms with E-state index in [0.717, 1.165) is 29.6 Å². The summed E-state index contributed by atoms with van der Waals surface area (Å²) >= 11 is 0. The van der Waals surface area contributed by atoms with E-state index in [1.54, 1.807) is 0 Å². The molecule has 0 N–H and O–H groups in total. The van der Waals surface area contributed by atoms with Gasteiger partial charge >= 0.3 is 0 Å². The minimum Gasteiger partial charge on any atom is -0.0872 e. The van der Waals surface area contributed by atoms with Gasteiger partial charge in [0, 0.05) is 10.5 Å². The smallest absolute Gasteiger partial charge is 0.0499 e. The Labute approximate surface area is 114 Å². The molecule has 4 atom stereocenters. The second-order valence-corrected chi connectivity index (χ2v) is 8.98. The van der Waals surface area contributed by atoms with Crippen LogP contribution < -0.4 is 0 Å². The van der Waals surface area contributed by atoms with E-state index in [0.29, 0.717) is 10.8 Å². The maximum absolute atomic E-state index is 9.01. The number of hydrogen-bond acceptors (Lipinski definition) is 1. The summed E-state index contributed by atoms with van der Waals surface area (Å²) in [7, 11) is 0. The second kappa shape index (κ2) is 2.83. The third kappa shape index (κ3) is 0.981. The van der Waals surface area contributed by atoms with Gasteiger partial charge in [0.15, 0.2) is 0 Å². The molecule has 8 bridgehead atoms. The van der Waals surface area contributed by atoms with Crippen LogP contribution in [0.1, 0.15) is 52.4 Å². The van der Waals surface area contributed by atoms with Gasteiger partial charge in [-0.3, -0.25) is 0 Å². The molecule has 7 rings (SSSR count). The Balaban J connectivity index is 1.72. The lowest BCUT2D eigenvalue weighted by atomic mass is 9.26. The minimum absolute atomic E-state index is 0.00444. The summed E-state index contributed by atoms with van der Waals surface area (Å²) in [6.45, 7) is 5.13. The molecule has 4 unspecified atom stereocenters. The van der Waals surface area contributed by atoms with Crippen LogP contribution in [0, 0.1) is 40.4 Å². The highest BCUT2D eigenvalue weighted by Crippen LogP contribution is 2.80. The molecule has 19 heavy (non-hydrogen) atoms. The minimum atomic E-state index is -0.00444. The van der Waals surface area contributed by atoms with E-state index < -0.39 is 0 Å². The number of nitrogens with zero attached hydrogens (tertiary/aromatic N) is 3. The molecule has 7 aliphatic carbocycles. The second-order valence-electron chi connectivity index (χ2n) is 8.98. The van der Waals surface area contributed by atoms with Crippen LogP contribution in [0.4, 0.5) is 0 Å². The van der Waals surface area contributed by atoms with E-state index in [1.165, 1.54) is 38.5 Å². The summed E-state index contributed by atoms with van der Waals surface area (Å²) in [5.41, 5.74) is 10.1. The van der Waals surface area contributed by atoms with Crippen LogP contribution in [0.5, 0.6) is 0 Å². The fraction of sp³-hybridized carbons (Fsp3) is 1.00. The van der Waals surface area contributed by atoms with Gasteiger partial charge in [-0.25, -0.2) is 0 Å². The SMILES string of the molecule is CC12CC3CC4C1CC1(N=[N+]=[N-])CC2C(C3)C4(C)C1. The van der Waals surface area contributed by atoms with E-state index in [9.17, 15) is 0 Å². The van der Waals surface area contributed by atoms with Gasteiger partial charge in [-0.15, -0.1) is 0 Å². The summed E-state index contributed by atoms with van der Waals surface area (Å²) < 4.78 is 0. The van der Waals surface area contributed by atoms with Gasteiger partial charge in [-0.1, -0.05) is 19.0 Å². The first-order valence-corrected chi connectivity index (χ1v) is 8.07. The van der Waals surface area contributed by atoms with Crippen LogP contribution >= 0.6 is 0 Å². The zero-order valence-electron chi connectivity index (χ0n) is 12.0. The molecule has 0 radical (unpaired) electrons. The van der Waals surface area contributed by atoms with Crippen LogP contribution in [0.3, 0.4) is 0 Å². The predicted octanol–water partition coefficient (Wildman–Crippen LogP) is 4.54. The van der Waals surface area contributed by atoms with Crippen molar-refractivity contribution in [3.05, 3.63) is 10.4 Å². The highest BCUT2D eigenvalue weighted by Gasteiger charge is 2.75. The maximum atomic E-state index is 9.01. The van der Waals surface area contributed by atoms with Gasteiger partial charge in [0.25, 0.3) is 0 Å². The van der Waals surface area contributed by atoms with Crippen LogP contribution in [-0.2, 0) is 0 Å². The molecule has 0 heterocycles. The predicted molar refractivity (Wildman–Crippen MR) is 73.2 cm³/mol. The molecule has 0 spiro atoms. The van der Waals surface area contributed by atoms with Crippen molar-refractivity contribution in [2.75, 3.05) is 0 Å². The summed E-state index contributed by atoms with van der Waals surface area (Å²) in [4.78, 5) is 3.24. The fourth-order valence-electron chi connectivity index (χ4n) is 8.14. The lowest BCUT2D eigenvalue weighted by Gasteiger charge is -2.79. The summed E-state index contributed by atoms with van der Waals surface area (Å²) in [5, 5.41) is 4.35. The number of hydrogen-bond donors (Lipinski definition) is 0. The molecule has 0 aliphatic heterocycles. The average molecular weight is 257 g/mol. The Morgan fingerprint density at radius 1 is 0.947 bits per heavy atom. The summed E-state index contributed by atoms with van der Waals surface area (Å²) in [6.07, 6.45) is 8.01. The molecule has 0 aromatic rings. The van der Waals surface area contributed by atoms with E-state index in [1.807, 2.05) is 0 Å². The normalized spacial score (nSPS) is 67.4. The quantitative estimate of drug-likeness (QED) is 0.376. The highest BCUT2D eigenvalue weighted by atomic mass is 15.2. The van der Waals surface area contributed by atoms with Gasteiger partial charge in [0.1, 0.15) is 0 Å². The summed E-state index contributed by atoms with van der Waals surface area (Å²) in [5.74, 6) is 4.60. The van der Waals surface area contributed by atoms with Crippen molar-refractivity contribution in [1.29, 1.82) is 0 Å². The standard InChI is InChI=1S/C16H23N3/c1-14-5-9-3-10-12(14)6-16(18-19-17)7-13(14)11(4-9)15(10,2)8-16/h9-13H,3-8H2,1-2H3. The van der Waals surface area contributed by atoms with Gasteiger partial charge in [0.05, 0.1) is 0 Å². The van der Waals surface area contributed by atoms with Crippen molar-refractivity contribution in [2.45, 2.75) is 57.9 Å². The molecule has 0 aromatic carbocycles. The molecule has 3 nitrogen and oxygen atoms in total. The van der Waals surface area contributed by atoms with E-state index in [4.69, 9.17) is 5.53 Å². The number of azide groups is 1. The Bertz CT molecular complexity index is 494. The third-order valence-electron chi connectivity index (χ3n) is 8.43. The maximum Gasteiger partial charge on any atom is 0.0499 e. The van der Waals surface area contributed by atoms with Crippen LogP contribution in [0.2, 0.25) is 0 Å². The first-order valence-electron chi connectivity index (χ1n) is 8.07. The Kier molecular flexibility index (Phi) is 1.64. The molecular formula is C16H23N3. The molecule has 7 aliphatic rings. The third-order valence-corrected chi connectivity index (χ3v) is 8.43. The van der Waals surface area contributed by atoms with Gasteiger partial charge in [0.2, 0.25) is 0 Å². The molecule has 0 aromatic heterocycles. The molecule has 7 fully saturated rings. The first kappa shape index (κ1) is 11.0. The van der Waals surface area contributed by atoms with Gasteiger partial charge < -0.3 is 0 Å². The van der Waals surface area contributed by atoms with Crippen molar-refractivity contribution in [3.8, 4) is 0 Å². The largest absolute Gasteiger partial charge is 0.0872 e. The molecule has 0 saturated heterocycles. The molecule has 7 saturated carbocycles. The van der Waals surface area contributed by atoms with E-state index in [-0.39, 0.29) is 5.54 Å². The lowest BCUT2D eigenvalue weighted by Crippen LogP contribution is -2.74. The Morgan fingerprint density at radius 3 is 2.16 bits per heavy atom. The van der Waals surface area contributed by atoms with Gasteiger partial charge in [-0.05, 0) is 84.5 Å². The molecule has 3 heteroatoms. The van der Waals surface area contributed by atoms with Crippen LogP contribution in [-0.4, -0.2) is 5.54 Å². The Hall–Kier alpha value is -0.690. The van der Waals surface area contributed by atoms with Crippen molar-refractivity contribution in [2.24, 2.45) is 45.5 Å². The van der Waals surface area contributed by atoms with Crippen molar-refractivity contribution in [1.82, 2.24) is 0 Å². The van der Waals surface area contributed by atoms with Crippen molar-refractivity contribution < 1.29 is 0 Å². The fourth-order valence-corrected chi connectivity index (χ4v) is 8.14. The summed E-state index contributed by atoms with van der Waals surface area (Å²) in [6, 6.07) is 0. The topological polar surface area (TPSA) is 48.8 Å². The lowest BCUT2D eigenvalue weighted by molar-refractivity contribution is -0.290. The molecular weight excluding hydrogens is 234 g/mol. The zero-order chi connectivity index (χ0) is 13.0. The van der Waals surface area contributed by atoms with Crippen molar-refractivity contribution >= 4 is 0 Å². The van der Waals surface area contributed by atoms with Crippen LogP contribution in [0.25, 0.3) is 10.4 Å². The first-order chi connectivity index (χ1) is 9.01. The molecule has 0 amide bonds.